The van der Waals surface area contributed by atoms with Crippen LogP contribution in [0.4, 0.5) is 10.5 Å². The quantitative estimate of drug-likeness (QED) is 0.292. The van der Waals surface area contributed by atoms with E-state index in [0.717, 1.165) is 18.5 Å². The van der Waals surface area contributed by atoms with E-state index in [1.54, 1.807) is 24.9 Å². The average molecular weight is 515 g/mol. The SMILES string of the molecule is CCC(=O)C(C)=C(CC)NN(C)/N=C/c1c(NC)ccn(C2CC3CC2CN3C(=O)OC(C)(C)C)c1=O. The summed E-state index contributed by atoms with van der Waals surface area (Å²) in [6.45, 7) is 11.8. The van der Waals surface area contributed by atoms with Crippen molar-refractivity contribution in [3.63, 3.8) is 0 Å². The van der Waals surface area contributed by atoms with E-state index >= 15 is 0 Å². The van der Waals surface area contributed by atoms with Gasteiger partial charge in [-0.15, -0.1) is 0 Å². The highest BCUT2D eigenvalue weighted by molar-refractivity contribution is 5.95. The van der Waals surface area contributed by atoms with Crippen LogP contribution in [0.5, 0.6) is 0 Å². The van der Waals surface area contributed by atoms with E-state index in [4.69, 9.17) is 4.74 Å². The lowest BCUT2D eigenvalue weighted by atomic mass is 10.0. The number of ether oxygens (including phenoxy) is 1. The molecule has 1 amide bonds. The number of hydrazone groups is 1. The largest absolute Gasteiger partial charge is 0.444 e. The maximum Gasteiger partial charge on any atom is 0.410 e. The van der Waals surface area contributed by atoms with Gasteiger partial charge in [-0.3, -0.25) is 15.0 Å². The third-order valence-corrected chi connectivity index (χ3v) is 7.12. The molecule has 2 N–H and O–H groups in total. The van der Waals surface area contributed by atoms with Crippen LogP contribution in [0, 0.1) is 5.92 Å². The van der Waals surface area contributed by atoms with E-state index in [-0.39, 0.29) is 35.4 Å². The van der Waals surface area contributed by atoms with Gasteiger partial charge < -0.3 is 19.5 Å². The van der Waals surface area contributed by atoms with Crippen molar-refractivity contribution in [3.8, 4) is 0 Å². The fourth-order valence-electron chi connectivity index (χ4n) is 5.21. The molecule has 204 valence electrons. The minimum absolute atomic E-state index is 0.0161. The number of carbonyl (C=O) groups is 2. The summed E-state index contributed by atoms with van der Waals surface area (Å²) in [7, 11) is 3.50. The number of ketones is 1. The molecule has 3 unspecified atom stereocenters. The Kier molecular flexibility index (Phi) is 8.71. The van der Waals surface area contributed by atoms with Crippen molar-refractivity contribution >= 4 is 23.8 Å². The zero-order chi connectivity index (χ0) is 27.5. The smallest absolute Gasteiger partial charge is 0.410 e. The normalized spacial score (nSPS) is 21.7. The first kappa shape index (κ1) is 28.3. The first-order valence-corrected chi connectivity index (χ1v) is 13.1. The van der Waals surface area contributed by atoms with Gasteiger partial charge in [-0.2, -0.15) is 5.10 Å². The molecule has 2 fully saturated rings. The Bertz CT molecular complexity index is 1130. The zero-order valence-corrected chi connectivity index (χ0v) is 23.4. The van der Waals surface area contributed by atoms with E-state index in [0.29, 0.717) is 36.2 Å². The average Bonchev–Trinajstić information content (AvgIpc) is 3.45. The number of amides is 1. The molecule has 2 heterocycles. The summed E-state index contributed by atoms with van der Waals surface area (Å²) in [5, 5.41) is 9.03. The summed E-state index contributed by atoms with van der Waals surface area (Å²) in [5.41, 5.74) is 5.09. The lowest BCUT2D eigenvalue weighted by Crippen LogP contribution is -2.44. The molecule has 1 aromatic heterocycles. The molecule has 1 aliphatic carbocycles. The van der Waals surface area contributed by atoms with Crippen LogP contribution in [0.2, 0.25) is 0 Å². The third-order valence-electron chi connectivity index (χ3n) is 7.12. The van der Waals surface area contributed by atoms with Crippen molar-refractivity contribution in [1.29, 1.82) is 0 Å². The molecular formula is C27H42N6O4. The van der Waals surface area contributed by atoms with Crippen molar-refractivity contribution < 1.29 is 14.3 Å². The summed E-state index contributed by atoms with van der Waals surface area (Å²) in [5.74, 6) is 0.280. The van der Waals surface area contributed by atoms with Gasteiger partial charge in [0.25, 0.3) is 5.56 Å². The second-order valence-electron chi connectivity index (χ2n) is 10.8. The van der Waals surface area contributed by atoms with Gasteiger partial charge in [0.1, 0.15) is 5.60 Å². The summed E-state index contributed by atoms with van der Waals surface area (Å²) in [4.78, 5) is 40.1. The Morgan fingerprint density at radius 2 is 1.95 bits per heavy atom. The second kappa shape index (κ2) is 11.4. The highest BCUT2D eigenvalue weighted by atomic mass is 16.6. The third kappa shape index (κ3) is 6.34. The molecule has 2 bridgehead atoms. The second-order valence-corrected chi connectivity index (χ2v) is 10.8. The molecule has 0 spiro atoms. The van der Waals surface area contributed by atoms with Gasteiger partial charge >= 0.3 is 6.09 Å². The number of likely N-dealkylation sites (tertiary alicyclic amines) is 1. The highest BCUT2D eigenvalue weighted by Crippen LogP contribution is 2.45. The molecule has 1 aliphatic heterocycles. The van der Waals surface area contributed by atoms with Crippen LogP contribution in [0.3, 0.4) is 0 Å². The van der Waals surface area contributed by atoms with Crippen LogP contribution in [0.15, 0.2) is 33.4 Å². The van der Waals surface area contributed by atoms with Crippen molar-refractivity contribution in [2.45, 2.75) is 84.9 Å². The molecule has 1 saturated carbocycles. The topological polar surface area (TPSA) is 108 Å². The Morgan fingerprint density at radius 3 is 2.49 bits per heavy atom. The predicted molar refractivity (Wildman–Crippen MR) is 146 cm³/mol. The number of hydrogen-bond acceptors (Lipinski definition) is 8. The first-order valence-electron chi connectivity index (χ1n) is 13.1. The number of rotatable bonds is 9. The summed E-state index contributed by atoms with van der Waals surface area (Å²) in [6, 6.07) is 1.97. The Hall–Kier alpha value is -3.30. The standard InChI is InChI=1S/C27H42N6O4/c1-9-21(17(3)24(34)10-2)30-31(8)29-15-20-22(28-7)11-12-32(25(20)35)23-14-19-13-18(23)16-33(19)26(36)37-27(4,5)6/h11-12,15,18-19,23,28,30H,9-10,13-14,16H2,1-8H3/b21-17?,29-15+. The predicted octanol–water partition coefficient (Wildman–Crippen LogP) is 3.89. The van der Waals surface area contributed by atoms with Gasteiger partial charge in [0.15, 0.2) is 5.78 Å². The fraction of sp³-hybridized carbons (Fsp3) is 0.630. The monoisotopic (exact) mass is 514 g/mol. The number of nitrogens with zero attached hydrogens (tertiary/aromatic N) is 4. The van der Waals surface area contributed by atoms with Gasteiger partial charge in [0, 0.05) is 62.3 Å². The zero-order valence-electron chi connectivity index (χ0n) is 23.4. The Labute approximate surface area is 219 Å². The number of carbonyl (C=O) groups excluding carboxylic acids is 2. The molecular weight excluding hydrogens is 472 g/mol. The number of pyridine rings is 1. The van der Waals surface area contributed by atoms with Crippen molar-refractivity contribution in [3.05, 3.63) is 39.5 Å². The molecule has 3 rings (SSSR count). The minimum Gasteiger partial charge on any atom is -0.444 e. The van der Waals surface area contributed by atoms with E-state index in [1.165, 1.54) is 5.12 Å². The number of allylic oxidation sites excluding steroid dienone is 2. The fourth-order valence-corrected chi connectivity index (χ4v) is 5.21. The van der Waals surface area contributed by atoms with Gasteiger partial charge in [-0.25, -0.2) is 9.91 Å². The molecule has 10 nitrogen and oxygen atoms in total. The summed E-state index contributed by atoms with van der Waals surface area (Å²) >= 11 is 0. The van der Waals surface area contributed by atoms with E-state index in [2.05, 4.69) is 15.8 Å². The van der Waals surface area contributed by atoms with Gasteiger partial charge in [-0.1, -0.05) is 13.8 Å². The van der Waals surface area contributed by atoms with Gasteiger partial charge in [0.2, 0.25) is 0 Å². The maximum atomic E-state index is 13.6. The molecule has 10 heteroatoms. The molecule has 2 aliphatic rings. The maximum absolute atomic E-state index is 13.6. The van der Waals surface area contributed by atoms with Crippen molar-refractivity contribution in [1.82, 2.24) is 20.0 Å². The van der Waals surface area contributed by atoms with Crippen molar-refractivity contribution in [2.75, 3.05) is 26.0 Å². The lowest BCUT2D eigenvalue weighted by Gasteiger charge is -2.34. The number of nitrogens with one attached hydrogen (secondary N) is 2. The molecule has 1 aromatic rings. The van der Waals surface area contributed by atoms with E-state index < -0.39 is 5.60 Å². The number of hydrogen-bond donors (Lipinski definition) is 2. The van der Waals surface area contributed by atoms with Crippen LogP contribution in [0.25, 0.3) is 0 Å². The van der Waals surface area contributed by atoms with Gasteiger partial charge in [0.05, 0.1) is 11.8 Å². The number of piperidine rings is 1. The van der Waals surface area contributed by atoms with Crippen LogP contribution in [-0.2, 0) is 9.53 Å². The lowest BCUT2D eigenvalue weighted by molar-refractivity contribution is -0.115. The number of hydrazine groups is 1. The van der Waals surface area contributed by atoms with Gasteiger partial charge in [-0.05, 0) is 58.9 Å². The molecule has 3 atom stereocenters. The molecule has 0 radical (unpaired) electrons. The van der Waals surface area contributed by atoms with Crippen LogP contribution >= 0.6 is 0 Å². The Balaban J connectivity index is 1.79. The van der Waals surface area contributed by atoms with Crippen LogP contribution < -0.4 is 16.3 Å². The number of anilines is 1. The minimum atomic E-state index is -0.535. The van der Waals surface area contributed by atoms with E-state index in [1.807, 2.05) is 58.7 Å². The van der Waals surface area contributed by atoms with Crippen LogP contribution in [0.1, 0.15) is 78.8 Å². The van der Waals surface area contributed by atoms with Crippen molar-refractivity contribution in [2.24, 2.45) is 11.0 Å². The first-order chi connectivity index (χ1) is 17.4. The molecule has 0 aromatic carbocycles. The molecule has 1 saturated heterocycles. The number of Topliss-reactive ketones (excluding diaryl/α,β-unsaturated/α-hetero) is 1. The Morgan fingerprint density at radius 1 is 1.24 bits per heavy atom. The summed E-state index contributed by atoms with van der Waals surface area (Å²) < 4.78 is 7.36. The van der Waals surface area contributed by atoms with E-state index in [9.17, 15) is 14.4 Å². The number of fused-ring (bicyclic) bond motifs is 2. The highest BCUT2D eigenvalue weighted by Gasteiger charge is 2.48. The number of aromatic nitrogens is 1. The summed E-state index contributed by atoms with van der Waals surface area (Å²) in [6.07, 6.45) is 5.77. The molecule has 37 heavy (non-hydrogen) atoms. The van der Waals surface area contributed by atoms with Crippen LogP contribution in [-0.4, -0.2) is 65.0 Å².